The number of rotatable bonds is 17. The number of likely N-dealkylation sites (N-methyl/N-ethyl adjacent to an activating group) is 7. The SMILES string of the molecule is C/C=C/C[C@@H](C)[C@@H](O)[C@H]1C(=O)N[C@@H](CCC)C(=O)N(C)CC(=O)N(C)[C@H](CC(C)C)C(=O)N[C@@H](CC(C)C)C(=O)N(C)[C@H](CC(C)C)C(=O)N[C@@H](C)C(=O)N[C@H](C)C(=O)N(C)[C@@H](CC(C)C)C(=O)N(C)[C@@H](CC(C)C)C(=O)N(C)[C@@H](C(C)C)C(=O)N1C. The maximum atomic E-state index is 15.2. The molecule has 23 nitrogen and oxygen atoms in total. The molecule has 0 aromatic rings. The van der Waals surface area contributed by atoms with E-state index in [1.54, 1.807) is 40.7 Å². The van der Waals surface area contributed by atoms with Crippen LogP contribution in [0.5, 0.6) is 0 Å². The van der Waals surface area contributed by atoms with E-state index in [1.165, 1.54) is 87.7 Å². The van der Waals surface area contributed by atoms with Crippen molar-refractivity contribution in [3.05, 3.63) is 12.2 Å². The van der Waals surface area contributed by atoms with Gasteiger partial charge in [-0.3, -0.25) is 52.7 Å². The van der Waals surface area contributed by atoms with E-state index in [0.717, 1.165) is 9.80 Å². The average Bonchev–Trinajstić information content (AvgIpc) is 1.86. The van der Waals surface area contributed by atoms with Gasteiger partial charge in [0.2, 0.25) is 65.0 Å². The lowest BCUT2D eigenvalue weighted by Crippen LogP contribution is -2.63. The molecule has 0 spiro atoms. The van der Waals surface area contributed by atoms with Gasteiger partial charge >= 0.3 is 0 Å². The lowest BCUT2D eigenvalue weighted by atomic mass is 9.91. The topological polar surface area (TPSA) is 279 Å². The Morgan fingerprint density at radius 3 is 1.31 bits per heavy atom. The second kappa shape index (κ2) is 36.4. The molecule has 0 bridgehead atoms. The summed E-state index contributed by atoms with van der Waals surface area (Å²) in [7, 11) is 9.98. The van der Waals surface area contributed by atoms with Gasteiger partial charge in [0.15, 0.2) is 0 Å². The normalized spacial score (nSPS) is 26.6. The van der Waals surface area contributed by atoms with Crippen LogP contribution in [-0.2, 0) is 52.7 Å². The number of hydrogen-bond donors (Lipinski definition) is 5. The number of carbonyl (C=O) groups excluding carboxylic acids is 11. The summed E-state index contributed by atoms with van der Waals surface area (Å²) in [6.45, 7) is 29.9. The molecule has 11 amide bonds. The van der Waals surface area contributed by atoms with Crippen LogP contribution in [0.25, 0.3) is 0 Å². The van der Waals surface area contributed by atoms with Crippen molar-refractivity contribution in [2.24, 2.45) is 41.4 Å². The van der Waals surface area contributed by atoms with Crippen LogP contribution in [0.2, 0.25) is 0 Å². The monoisotopic (exact) mass is 1230 g/mol. The molecule has 1 aliphatic rings. The number of allylic oxidation sites excluding steroid dienone is 2. The first kappa shape index (κ1) is 78.9. The molecule has 1 heterocycles. The highest BCUT2D eigenvalue weighted by Crippen LogP contribution is 2.26. The summed E-state index contributed by atoms with van der Waals surface area (Å²) in [5.74, 6) is -9.23. The van der Waals surface area contributed by atoms with Gasteiger partial charge in [0, 0.05) is 49.3 Å². The second-order valence-electron chi connectivity index (χ2n) is 26.9. The zero-order chi connectivity index (χ0) is 67.4. The third-order valence-corrected chi connectivity index (χ3v) is 16.3. The lowest BCUT2D eigenvalue weighted by molar-refractivity contribution is -0.157. The molecule has 0 unspecified atom stereocenters. The first-order chi connectivity index (χ1) is 40.2. The lowest BCUT2D eigenvalue weighted by Gasteiger charge is -2.41. The Labute approximate surface area is 521 Å². The number of aliphatic hydroxyl groups is 1. The van der Waals surface area contributed by atoms with Crippen molar-refractivity contribution in [2.75, 3.05) is 55.9 Å². The summed E-state index contributed by atoms with van der Waals surface area (Å²) in [5.41, 5.74) is 0. The Kier molecular flexibility index (Phi) is 33.0. The summed E-state index contributed by atoms with van der Waals surface area (Å²) >= 11 is 0. The maximum absolute atomic E-state index is 15.2. The first-order valence-corrected chi connectivity index (χ1v) is 31.5. The molecule has 12 atom stereocenters. The number of carbonyl (C=O) groups is 11. The van der Waals surface area contributed by atoms with Crippen LogP contribution in [0.3, 0.4) is 0 Å². The summed E-state index contributed by atoms with van der Waals surface area (Å²) in [4.78, 5) is 170. The van der Waals surface area contributed by atoms with Crippen LogP contribution in [0.15, 0.2) is 12.2 Å². The molecular formula is C64H115N11O12. The zero-order valence-corrected chi connectivity index (χ0v) is 57.5. The van der Waals surface area contributed by atoms with E-state index in [2.05, 4.69) is 21.3 Å². The van der Waals surface area contributed by atoms with Crippen LogP contribution in [0, 0.1) is 41.4 Å². The van der Waals surface area contributed by atoms with Gasteiger partial charge in [-0.05, 0) is 107 Å². The third-order valence-electron chi connectivity index (χ3n) is 16.3. The van der Waals surface area contributed by atoms with Crippen LogP contribution in [0.4, 0.5) is 0 Å². The molecular weight excluding hydrogens is 1110 g/mol. The Hall–Kier alpha value is -6.13. The standard InChI is InChI=1S/C64H115N11O12/c1-25-27-29-42(15)54(77)53-58(81)67-45(28-26-2)60(83)69(18)35-51(76)70(19)47(31-37(5)6)57(80)68-46(30-36(3)4)61(84)71(20)48(32-38(7)8)56(79)65-43(16)55(78)66-44(17)59(82)72(21)49(33-39(9)10)62(85)73(22)50(34-40(11)12)63(86)74(23)52(41(13)14)64(87)75(53)24/h25,27,36-50,52-54,77H,26,28-35H2,1-24H3,(H,65,79)(H,66,78)(H,67,81)(H,68,80)/b27-25+/t42-,43+,44-,45+,46+,47-,48-,49+,50+,52+,53+,54-/m1/s1. The van der Waals surface area contributed by atoms with Crippen molar-refractivity contribution in [1.82, 2.24) is 55.6 Å². The van der Waals surface area contributed by atoms with E-state index >= 15 is 9.59 Å². The number of amides is 11. The van der Waals surface area contributed by atoms with Crippen molar-refractivity contribution in [1.29, 1.82) is 0 Å². The van der Waals surface area contributed by atoms with Gasteiger partial charge in [-0.15, -0.1) is 0 Å². The minimum absolute atomic E-state index is 0.0930. The molecule has 1 aliphatic heterocycles. The molecule has 1 fully saturated rings. The van der Waals surface area contributed by atoms with Gasteiger partial charge in [-0.1, -0.05) is 116 Å². The minimum atomic E-state index is -1.61. The van der Waals surface area contributed by atoms with E-state index in [4.69, 9.17) is 0 Å². The Morgan fingerprint density at radius 2 is 0.851 bits per heavy atom. The van der Waals surface area contributed by atoms with Crippen molar-refractivity contribution in [3.63, 3.8) is 0 Å². The van der Waals surface area contributed by atoms with E-state index in [1.807, 2.05) is 75.3 Å². The molecule has 0 aromatic heterocycles. The fourth-order valence-electron chi connectivity index (χ4n) is 11.1. The van der Waals surface area contributed by atoms with Crippen molar-refractivity contribution in [2.45, 2.75) is 236 Å². The fourth-order valence-corrected chi connectivity index (χ4v) is 11.1. The predicted molar refractivity (Wildman–Crippen MR) is 338 cm³/mol. The molecule has 87 heavy (non-hydrogen) atoms. The molecule has 1 rings (SSSR count). The quantitative estimate of drug-likeness (QED) is 0.129. The van der Waals surface area contributed by atoms with Gasteiger partial charge in [0.05, 0.1) is 12.6 Å². The molecule has 1 saturated heterocycles. The smallest absolute Gasteiger partial charge is 0.246 e. The molecule has 0 saturated carbocycles. The summed E-state index contributed by atoms with van der Waals surface area (Å²) in [6, 6.07) is -12.3. The summed E-state index contributed by atoms with van der Waals surface area (Å²) in [5, 5.41) is 23.3. The number of nitrogens with one attached hydrogen (secondary N) is 4. The fraction of sp³-hybridized carbons (Fsp3) is 0.797. The summed E-state index contributed by atoms with van der Waals surface area (Å²) < 4.78 is 0. The molecule has 23 heteroatoms. The second-order valence-corrected chi connectivity index (χ2v) is 26.9. The van der Waals surface area contributed by atoms with Crippen LogP contribution < -0.4 is 21.3 Å². The minimum Gasteiger partial charge on any atom is -0.390 e. The average molecular weight is 1230 g/mol. The first-order valence-electron chi connectivity index (χ1n) is 31.5. The number of nitrogens with zero attached hydrogens (tertiary/aromatic N) is 7. The van der Waals surface area contributed by atoms with Gasteiger partial charge in [-0.2, -0.15) is 0 Å². The molecule has 0 radical (unpaired) electrons. The van der Waals surface area contributed by atoms with Crippen molar-refractivity contribution in [3.8, 4) is 0 Å². The highest BCUT2D eigenvalue weighted by atomic mass is 16.3. The zero-order valence-electron chi connectivity index (χ0n) is 57.5. The highest BCUT2D eigenvalue weighted by Gasteiger charge is 2.45. The van der Waals surface area contributed by atoms with Crippen LogP contribution in [0.1, 0.15) is 169 Å². The molecule has 0 aliphatic carbocycles. The molecule has 5 N–H and O–H groups in total. The van der Waals surface area contributed by atoms with E-state index in [0.29, 0.717) is 12.8 Å². The molecule has 0 aromatic carbocycles. The van der Waals surface area contributed by atoms with Crippen molar-refractivity contribution >= 4 is 65.0 Å². The van der Waals surface area contributed by atoms with Gasteiger partial charge in [0.1, 0.15) is 60.4 Å². The number of hydrogen-bond acceptors (Lipinski definition) is 12. The maximum Gasteiger partial charge on any atom is 0.246 e. The van der Waals surface area contributed by atoms with Gasteiger partial charge in [-0.25, -0.2) is 0 Å². The largest absolute Gasteiger partial charge is 0.390 e. The van der Waals surface area contributed by atoms with Crippen molar-refractivity contribution < 1.29 is 57.8 Å². The Balaban J connectivity index is 4.38. The van der Waals surface area contributed by atoms with Gasteiger partial charge in [0.25, 0.3) is 0 Å². The Bertz CT molecular complexity index is 2360. The Morgan fingerprint density at radius 1 is 0.448 bits per heavy atom. The third kappa shape index (κ3) is 23.1. The van der Waals surface area contributed by atoms with Crippen LogP contribution in [-0.4, -0.2) is 227 Å². The predicted octanol–water partition coefficient (Wildman–Crippen LogP) is 4.05. The summed E-state index contributed by atoms with van der Waals surface area (Å²) in [6.07, 6.45) is 3.68. The van der Waals surface area contributed by atoms with E-state index in [-0.39, 0.29) is 68.1 Å². The van der Waals surface area contributed by atoms with Crippen LogP contribution >= 0.6 is 0 Å². The van der Waals surface area contributed by atoms with E-state index in [9.17, 15) is 48.3 Å². The number of aliphatic hydroxyl groups excluding tert-OH is 1. The molecule has 498 valence electrons. The highest BCUT2D eigenvalue weighted by molar-refractivity contribution is 5.99. The van der Waals surface area contributed by atoms with Gasteiger partial charge < -0.3 is 60.7 Å². The van der Waals surface area contributed by atoms with E-state index < -0.39 is 150 Å².